The van der Waals surface area contributed by atoms with Crippen LogP contribution in [-0.2, 0) is 19.6 Å². The van der Waals surface area contributed by atoms with Crippen molar-refractivity contribution in [3.05, 3.63) is 18.2 Å². The smallest absolute Gasteiger partial charge is 0.271 e. The standard InChI is InChI=1S/C23H33N5O4S/c1-26-22(29)12-10-19(25-26)23(30)24-20-17-18(33(31,32)28-15-7-4-8-16-28)9-11-21(20)27-13-5-2-3-6-14-27/h9,11,17H,2-8,10,12-16H2,1H3,(H,24,30). The molecule has 1 aromatic rings. The summed E-state index contributed by atoms with van der Waals surface area (Å²) in [4.78, 5) is 27.2. The first kappa shape index (κ1) is 23.7. The first-order valence-electron chi connectivity index (χ1n) is 11.9. The van der Waals surface area contributed by atoms with E-state index >= 15 is 0 Å². The average molecular weight is 476 g/mol. The molecule has 3 aliphatic heterocycles. The number of piperidine rings is 1. The molecule has 9 nitrogen and oxygen atoms in total. The second kappa shape index (κ2) is 10.2. The van der Waals surface area contributed by atoms with Gasteiger partial charge in [-0.1, -0.05) is 19.3 Å². The lowest BCUT2D eigenvalue weighted by Crippen LogP contribution is -2.36. The van der Waals surface area contributed by atoms with Gasteiger partial charge in [-0.25, -0.2) is 13.4 Å². The van der Waals surface area contributed by atoms with Crippen molar-refractivity contribution in [3.63, 3.8) is 0 Å². The summed E-state index contributed by atoms with van der Waals surface area (Å²) in [6.45, 7) is 2.77. The van der Waals surface area contributed by atoms with Gasteiger partial charge in [0.25, 0.3) is 5.91 Å². The van der Waals surface area contributed by atoms with E-state index in [1.807, 2.05) is 6.07 Å². The van der Waals surface area contributed by atoms with Crippen molar-refractivity contribution in [2.75, 3.05) is 43.4 Å². The number of nitrogens with one attached hydrogen (secondary N) is 1. The van der Waals surface area contributed by atoms with Crippen molar-refractivity contribution in [3.8, 4) is 0 Å². The lowest BCUT2D eigenvalue weighted by atomic mass is 10.1. The van der Waals surface area contributed by atoms with Gasteiger partial charge in [-0.05, 0) is 43.9 Å². The summed E-state index contributed by atoms with van der Waals surface area (Å²) in [7, 11) is -2.10. The van der Waals surface area contributed by atoms with E-state index < -0.39 is 15.9 Å². The second-order valence-corrected chi connectivity index (χ2v) is 10.9. The Morgan fingerprint density at radius 1 is 0.939 bits per heavy atom. The Bertz CT molecular complexity index is 1030. The first-order valence-corrected chi connectivity index (χ1v) is 13.3. The highest BCUT2D eigenvalue weighted by molar-refractivity contribution is 7.89. The van der Waals surface area contributed by atoms with Crippen LogP contribution in [0, 0.1) is 0 Å². The quantitative estimate of drug-likeness (QED) is 0.706. The zero-order valence-corrected chi connectivity index (χ0v) is 20.1. The Morgan fingerprint density at radius 2 is 1.58 bits per heavy atom. The van der Waals surface area contributed by atoms with Crippen LogP contribution in [0.2, 0.25) is 0 Å². The zero-order valence-electron chi connectivity index (χ0n) is 19.3. The number of hydrogen-bond acceptors (Lipinski definition) is 6. The maximum atomic E-state index is 13.3. The summed E-state index contributed by atoms with van der Waals surface area (Å²) < 4.78 is 28.1. The van der Waals surface area contributed by atoms with Crippen molar-refractivity contribution in [2.24, 2.45) is 5.10 Å². The molecule has 0 atom stereocenters. The van der Waals surface area contributed by atoms with Gasteiger partial charge in [-0.15, -0.1) is 0 Å². The maximum absolute atomic E-state index is 13.3. The van der Waals surface area contributed by atoms with Gasteiger partial charge in [-0.3, -0.25) is 9.59 Å². The molecular weight excluding hydrogens is 442 g/mol. The molecule has 1 N–H and O–H groups in total. The fourth-order valence-electron chi connectivity index (χ4n) is 4.64. The van der Waals surface area contributed by atoms with Crippen molar-refractivity contribution < 1.29 is 18.0 Å². The summed E-state index contributed by atoms with van der Waals surface area (Å²) in [5.74, 6) is -0.538. The highest BCUT2D eigenvalue weighted by atomic mass is 32.2. The number of carbonyl (C=O) groups excluding carboxylic acids is 2. The molecule has 0 spiro atoms. The van der Waals surface area contributed by atoms with Crippen LogP contribution in [0.4, 0.5) is 11.4 Å². The van der Waals surface area contributed by atoms with Gasteiger partial charge in [0, 0.05) is 46.1 Å². The Morgan fingerprint density at radius 3 is 2.24 bits per heavy atom. The molecule has 0 unspecified atom stereocenters. The third-order valence-electron chi connectivity index (χ3n) is 6.59. The number of hydrazone groups is 1. The number of hydrogen-bond donors (Lipinski definition) is 1. The fraction of sp³-hybridized carbons (Fsp3) is 0.609. The van der Waals surface area contributed by atoms with E-state index in [4.69, 9.17) is 0 Å². The van der Waals surface area contributed by atoms with Gasteiger partial charge in [-0.2, -0.15) is 9.41 Å². The number of carbonyl (C=O) groups is 2. The molecule has 2 fully saturated rings. The molecule has 0 bridgehead atoms. The predicted octanol–water partition coefficient (Wildman–Crippen LogP) is 2.79. The summed E-state index contributed by atoms with van der Waals surface area (Å²) in [5.41, 5.74) is 1.56. The van der Waals surface area contributed by atoms with Gasteiger partial charge >= 0.3 is 0 Å². The predicted molar refractivity (Wildman–Crippen MR) is 128 cm³/mol. The van der Waals surface area contributed by atoms with Crippen LogP contribution in [0.5, 0.6) is 0 Å². The van der Waals surface area contributed by atoms with E-state index in [2.05, 4.69) is 15.3 Å². The number of anilines is 2. The van der Waals surface area contributed by atoms with E-state index in [9.17, 15) is 18.0 Å². The van der Waals surface area contributed by atoms with Gasteiger partial charge in [0.15, 0.2) is 0 Å². The van der Waals surface area contributed by atoms with Crippen molar-refractivity contribution in [1.82, 2.24) is 9.31 Å². The van der Waals surface area contributed by atoms with Gasteiger partial charge < -0.3 is 10.2 Å². The number of benzene rings is 1. The largest absolute Gasteiger partial charge is 0.370 e. The van der Waals surface area contributed by atoms with Crippen LogP contribution < -0.4 is 10.2 Å². The molecule has 2 amide bonds. The van der Waals surface area contributed by atoms with E-state index in [-0.39, 0.29) is 29.4 Å². The van der Waals surface area contributed by atoms with Crippen molar-refractivity contribution in [2.45, 2.75) is 62.7 Å². The van der Waals surface area contributed by atoms with Crippen LogP contribution in [0.15, 0.2) is 28.2 Å². The molecular formula is C23H33N5O4S. The first-order chi connectivity index (χ1) is 15.9. The van der Waals surface area contributed by atoms with Crippen LogP contribution >= 0.6 is 0 Å². The molecule has 3 aliphatic rings. The molecule has 33 heavy (non-hydrogen) atoms. The third-order valence-corrected chi connectivity index (χ3v) is 8.48. The number of rotatable bonds is 5. The van der Waals surface area contributed by atoms with Gasteiger partial charge in [0.2, 0.25) is 15.9 Å². The van der Waals surface area contributed by atoms with E-state index in [0.29, 0.717) is 18.8 Å². The Kier molecular flexibility index (Phi) is 7.33. The zero-order chi connectivity index (χ0) is 23.4. The fourth-order valence-corrected chi connectivity index (χ4v) is 6.19. The Hall–Kier alpha value is -2.46. The SMILES string of the molecule is CN1N=C(C(=O)Nc2cc(S(=O)(=O)N3CCCCC3)ccc2N2CCCCCC2)CCC1=O. The molecule has 1 aromatic carbocycles. The molecule has 4 rings (SSSR count). The average Bonchev–Trinajstić information content (AvgIpc) is 3.11. The summed E-state index contributed by atoms with van der Waals surface area (Å²) in [5, 5.41) is 8.21. The lowest BCUT2D eigenvalue weighted by molar-refractivity contribution is -0.130. The molecule has 0 aliphatic carbocycles. The second-order valence-electron chi connectivity index (χ2n) is 8.96. The minimum absolute atomic E-state index is 0.133. The maximum Gasteiger partial charge on any atom is 0.271 e. The minimum atomic E-state index is -3.64. The molecule has 0 aromatic heterocycles. The van der Waals surface area contributed by atoms with E-state index in [0.717, 1.165) is 63.7 Å². The highest BCUT2D eigenvalue weighted by Gasteiger charge is 2.28. The van der Waals surface area contributed by atoms with Crippen molar-refractivity contribution >= 4 is 38.9 Å². The van der Waals surface area contributed by atoms with Crippen molar-refractivity contribution in [1.29, 1.82) is 0 Å². The van der Waals surface area contributed by atoms with Gasteiger partial charge in [0.05, 0.1) is 16.3 Å². The number of sulfonamides is 1. The lowest BCUT2D eigenvalue weighted by Gasteiger charge is -2.28. The third kappa shape index (κ3) is 5.38. The summed E-state index contributed by atoms with van der Waals surface area (Å²) in [6, 6.07) is 5.06. The molecule has 2 saturated heterocycles. The molecule has 180 valence electrons. The monoisotopic (exact) mass is 475 g/mol. The van der Waals surface area contributed by atoms with Crippen LogP contribution in [-0.4, -0.2) is 68.5 Å². The Labute approximate surface area is 195 Å². The number of nitrogens with zero attached hydrogens (tertiary/aromatic N) is 4. The van der Waals surface area contributed by atoms with E-state index in [1.54, 1.807) is 12.1 Å². The summed E-state index contributed by atoms with van der Waals surface area (Å²) in [6.07, 6.45) is 7.70. The molecule has 0 saturated carbocycles. The van der Waals surface area contributed by atoms with E-state index in [1.165, 1.54) is 16.4 Å². The Balaban J connectivity index is 1.66. The van der Waals surface area contributed by atoms with Crippen LogP contribution in [0.3, 0.4) is 0 Å². The summed E-state index contributed by atoms with van der Waals surface area (Å²) >= 11 is 0. The highest BCUT2D eigenvalue weighted by Crippen LogP contribution is 2.32. The molecule has 0 radical (unpaired) electrons. The normalized spacial score (nSPS) is 20.9. The van der Waals surface area contributed by atoms with Crippen LogP contribution in [0.25, 0.3) is 0 Å². The number of amides is 2. The van der Waals surface area contributed by atoms with Crippen LogP contribution in [0.1, 0.15) is 57.8 Å². The molecule has 10 heteroatoms. The topological polar surface area (TPSA) is 102 Å². The molecule has 3 heterocycles. The minimum Gasteiger partial charge on any atom is -0.370 e. The van der Waals surface area contributed by atoms with Gasteiger partial charge in [0.1, 0.15) is 5.71 Å².